The van der Waals surface area contributed by atoms with Gasteiger partial charge in [0.05, 0.1) is 0 Å². The lowest BCUT2D eigenvalue weighted by Gasteiger charge is -1.81. The van der Waals surface area contributed by atoms with E-state index in [0.717, 1.165) is 0 Å². The van der Waals surface area contributed by atoms with Gasteiger partial charge in [0.1, 0.15) is 5.69 Å². The fraction of sp³-hybridized carbons (Fsp3) is 0. The van der Waals surface area contributed by atoms with Gasteiger partial charge in [-0.1, -0.05) is 12.1 Å². The van der Waals surface area contributed by atoms with E-state index >= 15 is 0 Å². The van der Waals surface area contributed by atoms with Gasteiger partial charge >= 0.3 is 5.69 Å². The summed E-state index contributed by atoms with van der Waals surface area (Å²) in [6.45, 7) is 0. The van der Waals surface area contributed by atoms with Crippen LogP contribution >= 0.6 is 0 Å². The highest BCUT2D eigenvalue weighted by atomic mass is 35.5. The quantitative estimate of drug-likeness (QED) is 0.376. The van der Waals surface area contributed by atoms with Gasteiger partial charge in [-0.25, -0.2) is 0 Å². The molecule has 10 heavy (non-hydrogen) atoms. The van der Waals surface area contributed by atoms with E-state index in [-0.39, 0.29) is 12.4 Å². The number of diazo groups is 1. The maximum absolute atomic E-state index is 8.26. The lowest BCUT2D eigenvalue weighted by atomic mass is 10.3. The van der Waals surface area contributed by atoms with Gasteiger partial charge in [-0.05, 0) is 6.07 Å². The largest absolute Gasteiger partial charge is 1.00 e. The maximum atomic E-state index is 8.26. The molecule has 0 aliphatic rings. The summed E-state index contributed by atoms with van der Waals surface area (Å²) in [5.41, 5.74) is 6.28. The van der Waals surface area contributed by atoms with Gasteiger partial charge < -0.3 is 18.1 Å². The number of benzene rings is 1. The maximum Gasteiger partial charge on any atom is 0.407 e. The third-order valence-electron chi connectivity index (χ3n) is 1.04. The van der Waals surface area contributed by atoms with Crippen molar-refractivity contribution < 1.29 is 12.4 Å². The van der Waals surface area contributed by atoms with Crippen LogP contribution in [-0.2, 0) is 0 Å². The Morgan fingerprint density at radius 3 is 2.30 bits per heavy atom. The van der Waals surface area contributed by atoms with Gasteiger partial charge in [-0.2, -0.15) is 0 Å². The minimum atomic E-state index is 0. The van der Waals surface area contributed by atoms with Gasteiger partial charge in [-0.3, -0.25) is 0 Å². The number of para-hydroxylation sites is 1. The van der Waals surface area contributed by atoms with Crippen molar-refractivity contribution in [2.75, 3.05) is 5.73 Å². The van der Waals surface area contributed by atoms with Crippen LogP contribution < -0.4 is 18.1 Å². The number of hydrogen-bond donors (Lipinski definition) is 1. The van der Waals surface area contributed by atoms with Crippen molar-refractivity contribution >= 4 is 11.4 Å². The summed E-state index contributed by atoms with van der Waals surface area (Å²) in [6, 6.07) is 6.85. The van der Waals surface area contributed by atoms with Crippen LogP contribution in [0.3, 0.4) is 0 Å². The minimum Gasteiger partial charge on any atom is -1.00 e. The molecule has 0 amide bonds. The second-order valence-corrected chi connectivity index (χ2v) is 1.66. The number of nitrogens with zero attached hydrogens (tertiary/aromatic N) is 2. The second-order valence-electron chi connectivity index (χ2n) is 1.66. The van der Waals surface area contributed by atoms with Crippen molar-refractivity contribution in [2.45, 2.75) is 0 Å². The van der Waals surface area contributed by atoms with Crippen LogP contribution in [0.25, 0.3) is 4.98 Å². The SMILES string of the molecule is N#[N+]c1ccccc1N.[Cl-]. The number of hydrogen-bond acceptors (Lipinski definition) is 2. The van der Waals surface area contributed by atoms with E-state index in [0.29, 0.717) is 11.4 Å². The van der Waals surface area contributed by atoms with Crippen LogP contribution in [0.2, 0.25) is 0 Å². The molecule has 0 spiro atoms. The Morgan fingerprint density at radius 2 is 1.90 bits per heavy atom. The molecule has 0 unspecified atom stereocenters. The molecular formula is C6H6ClN3. The van der Waals surface area contributed by atoms with Crippen LogP contribution in [0.1, 0.15) is 0 Å². The Morgan fingerprint density at radius 1 is 1.30 bits per heavy atom. The Kier molecular flexibility index (Phi) is 3.23. The fourth-order valence-corrected chi connectivity index (χ4v) is 0.579. The zero-order valence-electron chi connectivity index (χ0n) is 5.16. The predicted octanol–water partition coefficient (Wildman–Crippen LogP) is -1.24. The van der Waals surface area contributed by atoms with E-state index in [4.69, 9.17) is 11.1 Å². The summed E-state index contributed by atoms with van der Waals surface area (Å²) in [7, 11) is 0. The van der Waals surface area contributed by atoms with Gasteiger partial charge in [0.2, 0.25) is 5.39 Å². The van der Waals surface area contributed by atoms with E-state index in [1.54, 1.807) is 24.3 Å². The highest BCUT2D eigenvalue weighted by molar-refractivity contribution is 5.65. The topological polar surface area (TPSA) is 54.2 Å². The smallest absolute Gasteiger partial charge is 0.407 e. The zero-order valence-corrected chi connectivity index (χ0v) is 5.92. The Labute approximate surface area is 64.9 Å². The first-order chi connectivity index (χ1) is 4.34. The van der Waals surface area contributed by atoms with Crippen LogP contribution in [0.15, 0.2) is 24.3 Å². The van der Waals surface area contributed by atoms with Crippen molar-refractivity contribution in [2.24, 2.45) is 0 Å². The van der Waals surface area contributed by atoms with Gasteiger partial charge in [0.25, 0.3) is 0 Å². The molecule has 0 radical (unpaired) electrons. The molecule has 0 fully saturated rings. The van der Waals surface area contributed by atoms with Crippen molar-refractivity contribution in [1.29, 1.82) is 5.39 Å². The van der Waals surface area contributed by atoms with E-state index < -0.39 is 0 Å². The molecule has 1 aromatic carbocycles. The predicted molar refractivity (Wildman–Crippen MR) is 35.6 cm³/mol. The van der Waals surface area contributed by atoms with Gasteiger partial charge in [0.15, 0.2) is 4.98 Å². The monoisotopic (exact) mass is 155 g/mol. The average molecular weight is 156 g/mol. The number of nitrogens with two attached hydrogens (primary N) is 1. The summed E-state index contributed by atoms with van der Waals surface area (Å²) in [5, 5.41) is 8.26. The molecule has 0 saturated carbocycles. The average Bonchev–Trinajstić information content (AvgIpc) is 1.89. The fourth-order valence-electron chi connectivity index (χ4n) is 0.579. The summed E-state index contributed by atoms with van der Waals surface area (Å²) >= 11 is 0. The van der Waals surface area contributed by atoms with E-state index in [9.17, 15) is 0 Å². The summed E-state index contributed by atoms with van der Waals surface area (Å²) in [6.07, 6.45) is 0. The Bertz CT molecular complexity index is 253. The number of anilines is 1. The van der Waals surface area contributed by atoms with Crippen LogP contribution in [0.4, 0.5) is 11.4 Å². The molecule has 0 aliphatic heterocycles. The van der Waals surface area contributed by atoms with Crippen molar-refractivity contribution in [3.8, 4) is 0 Å². The number of halogens is 1. The van der Waals surface area contributed by atoms with Crippen molar-refractivity contribution in [3.05, 3.63) is 29.2 Å². The van der Waals surface area contributed by atoms with Crippen LogP contribution in [0, 0.1) is 5.39 Å². The number of rotatable bonds is 0. The third-order valence-corrected chi connectivity index (χ3v) is 1.04. The van der Waals surface area contributed by atoms with Crippen molar-refractivity contribution in [3.63, 3.8) is 0 Å². The molecule has 1 rings (SSSR count). The molecule has 2 N–H and O–H groups in total. The summed E-state index contributed by atoms with van der Waals surface area (Å²) < 4.78 is 0. The molecule has 3 nitrogen and oxygen atoms in total. The van der Waals surface area contributed by atoms with Gasteiger partial charge in [-0.15, -0.1) is 0 Å². The Balaban J connectivity index is 0.000000810. The second kappa shape index (κ2) is 3.70. The van der Waals surface area contributed by atoms with E-state index in [1.807, 2.05) is 0 Å². The summed E-state index contributed by atoms with van der Waals surface area (Å²) in [4.78, 5) is 2.95. The Hall–Kier alpha value is -1.27. The standard InChI is InChI=1S/C6H6N3.ClH/c7-5-3-1-2-4-6(5)9-8;/h1-4H,7H2;1H/q+1;/p-1. The zero-order chi connectivity index (χ0) is 6.69. The minimum absolute atomic E-state index is 0. The van der Waals surface area contributed by atoms with Crippen LogP contribution in [-0.4, -0.2) is 0 Å². The molecule has 0 atom stereocenters. The molecule has 0 aromatic heterocycles. The molecule has 0 saturated heterocycles. The first kappa shape index (κ1) is 8.73. The molecule has 0 bridgehead atoms. The summed E-state index contributed by atoms with van der Waals surface area (Å²) in [5.74, 6) is 0. The third kappa shape index (κ3) is 1.61. The lowest BCUT2D eigenvalue weighted by Crippen LogP contribution is -3.00. The van der Waals surface area contributed by atoms with Gasteiger partial charge in [0, 0.05) is 6.07 Å². The molecule has 0 heterocycles. The molecule has 0 aliphatic carbocycles. The molecule has 4 heteroatoms. The lowest BCUT2D eigenvalue weighted by molar-refractivity contribution is -0.00000208. The van der Waals surface area contributed by atoms with Crippen molar-refractivity contribution in [1.82, 2.24) is 0 Å². The first-order valence-electron chi connectivity index (χ1n) is 2.54. The van der Waals surface area contributed by atoms with E-state index in [2.05, 4.69) is 4.98 Å². The first-order valence-corrected chi connectivity index (χ1v) is 2.54. The van der Waals surface area contributed by atoms with Crippen LogP contribution in [0.5, 0.6) is 0 Å². The van der Waals surface area contributed by atoms with E-state index in [1.165, 1.54) is 0 Å². The highest BCUT2D eigenvalue weighted by Gasteiger charge is 2.05. The molecular weight excluding hydrogens is 150 g/mol. The molecule has 52 valence electrons. The normalized spacial score (nSPS) is 7.50. The highest BCUT2D eigenvalue weighted by Crippen LogP contribution is 2.19. The number of nitrogen functional groups attached to an aromatic ring is 1. The molecule has 1 aromatic rings.